The molecule has 0 aliphatic heterocycles. The van der Waals surface area contributed by atoms with Crippen molar-refractivity contribution in [3.05, 3.63) is 60.2 Å². The Morgan fingerprint density at radius 2 is 1.52 bits per heavy atom. The lowest BCUT2D eigenvalue weighted by atomic mass is 10.1. The first-order valence-electron chi connectivity index (χ1n) is 7.46. The van der Waals surface area contributed by atoms with E-state index in [4.69, 9.17) is 5.11 Å². The Morgan fingerprint density at radius 3 is 2.12 bits per heavy atom. The molecule has 0 radical (unpaired) electrons. The Kier molecular flexibility index (Phi) is 5.76. The summed E-state index contributed by atoms with van der Waals surface area (Å²) in [6, 6.07) is 13.3. The molecule has 0 atom stereocenters. The predicted octanol–water partition coefficient (Wildman–Crippen LogP) is 2.44. The molecule has 132 valence electrons. The van der Waals surface area contributed by atoms with Gasteiger partial charge in [-0.2, -0.15) is 0 Å². The molecular formula is C17H17NO6S. The van der Waals surface area contributed by atoms with Crippen molar-refractivity contribution in [3.63, 3.8) is 0 Å². The van der Waals surface area contributed by atoms with Crippen molar-refractivity contribution in [1.82, 2.24) is 0 Å². The van der Waals surface area contributed by atoms with Crippen LogP contribution in [0.4, 0.5) is 5.69 Å². The van der Waals surface area contributed by atoms with Crippen molar-refractivity contribution in [2.75, 3.05) is 10.8 Å². The van der Waals surface area contributed by atoms with Crippen molar-refractivity contribution in [2.45, 2.75) is 17.7 Å². The zero-order chi connectivity index (χ0) is 18.4. The third kappa shape index (κ3) is 4.36. The Labute approximate surface area is 145 Å². The van der Waals surface area contributed by atoms with E-state index in [1.807, 2.05) is 0 Å². The fourth-order valence-corrected chi connectivity index (χ4v) is 3.88. The number of sulfonamides is 1. The van der Waals surface area contributed by atoms with E-state index in [0.717, 1.165) is 4.31 Å². The Bertz CT molecular complexity index is 864. The highest BCUT2D eigenvalue weighted by Crippen LogP contribution is 2.27. The van der Waals surface area contributed by atoms with Crippen molar-refractivity contribution in [1.29, 1.82) is 0 Å². The number of aliphatic carboxylic acids is 1. The van der Waals surface area contributed by atoms with Gasteiger partial charge in [-0.15, -0.1) is 0 Å². The van der Waals surface area contributed by atoms with E-state index in [1.54, 1.807) is 18.2 Å². The number of carboxylic acids is 2. The van der Waals surface area contributed by atoms with Crippen LogP contribution in [0.2, 0.25) is 0 Å². The summed E-state index contributed by atoms with van der Waals surface area (Å²) in [5.41, 5.74) is -0.165. The van der Waals surface area contributed by atoms with Crippen LogP contribution in [0.1, 0.15) is 23.2 Å². The monoisotopic (exact) mass is 363 g/mol. The van der Waals surface area contributed by atoms with Crippen LogP contribution in [-0.4, -0.2) is 37.1 Å². The molecule has 25 heavy (non-hydrogen) atoms. The molecule has 0 aliphatic rings. The van der Waals surface area contributed by atoms with Gasteiger partial charge in [0.05, 0.1) is 16.1 Å². The molecular weight excluding hydrogens is 346 g/mol. The molecule has 0 saturated carbocycles. The average molecular weight is 363 g/mol. The molecule has 0 aromatic heterocycles. The average Bonchev–Trinajstić information content (AvgIpc) is 2.59. The Hall–Kier alpha value is -2.87. The summed E-state index contributed by atoms with van der Waals surface area (Å²) < 4.78 is 26.9. The molecule has 0 spiro atoms. The van der Waals surface area contributed by atoms with E-state index in [2.05, 4.69) is 0 Å². The number of carboxylic acid groups (broad SMARTS) is 2. The minimum atomic E-state index is -4.03. The number of para-hydroxylation sites is 1. The zero-order valence-corrected chi connectivity index (χ0v) is 14.0. The van der Waals surface area contributed by atoms with Crippen LogP contribution < -0.4 is 4.31 Å². The van der Waals surface area contributed by atoms with Gasteiger partial charge >= 0.3 is 11.9 Å². The van der Waals surface area contributed by atoms with Gasteiger partial charge in [-0.25, -0.2) is 13.2 Å². The van der Waals surface area contributed by atoms with Crippen LogP contribution in [0.5, 0.6) is 0 Å². The summed E-state index contributed by atoms with van der Waals surface area (Å²) in [7, 11) is -4.03. The summed E-state index contributed by atoms with van der Waals surface area (Å²) >= 11 is 0. The molecule has 2 aromatic carbocycles. The Morgan fingerprint density at radius 1 is 0.920 bits per heavy atom. The molecule has 0 saturated heterocycles. The number of benzene rings is 2. The van der Waals surface area contributed by atoms with E-state index >= 15 is 0 Å². The van der Waals surface area contributed by atoms with E-state index in [-0.39, 0.29) is 35.5 Å². The maximum absolute atomic E-state index is 13.0. The van der Waals surface area contributed by atoms with E-state index in [9.17, 15) is 23.1 Å². The number of nitrogens with zero attached hydrogens (tertiary/aromatic N) is 1. The highest BCUT2D eigenvalue weighted by Gasteiger charge is 2.27. The molecule has 0 fully saturated rings. The van der Waals surface area contributed by atoms with Gasteiger partial charge in [0.2, 0.25) is 0 Å². The second-order valence-corrected chi connectivity index (χ2v) is 7.07. The van der Waals surface area contributed by atoms with Gasteiger partial charge in [0.25, 0.3) is 10.0 Å². The molecule has 0 unspecified atom stereocenters. The fourth-order valence-electron chi connectivity index (χ4n) is 2.34. The van der Waals surface area contributed by atoms with E-state index in [1.165, 1.54) is 36.4 Å². The predicted molar refractivity (Wildman–Crippen MR) is 91.2 cm³/mol. The second kappa shape index (κ2) is 7.80. The summed E-state index contributed by atoms with van der Waals surface area (Å²) in [5.74, 6) is -2.31. The molecule has 0 bridgehead atoms. The first-order valence-corrected chi connectivity index (χ1v) is 8.90. The molecule has 2 aromatic rings. The summed E-state index contributed by atoms with van der Waals surface area (Å²) in [4.78, 5) is 22.2. The van der Waals surface area contributed by atoms with Gasteiger partial charge < -0.3 is 10.2 Å². The highest BCUT2D eigenvalue weighted by molar-refractivity contribution is 7.92. The quantitative estimate of drug-likeness (QED) is 0.745. The fraction of sp³-hybridized carbons (Fsp3) is 0.176. The molecule has 7 nitrogen and oxygen atoms in total. The van der Waals surface area contributed by atoms with Gasteiger partial charge in [0.1, 0.15) is 0 Å². The van der Waals surface area contributed by atoms with Crippen LogP contribution in [0, 0.1) is 0 Å². The number of rotatable bonds is 8. The maximum atomic E-state index is 13.0. The minimum Gasteiger partial charge on any atom is -0.481 e. The van der Waals surface area contributed by atoms with E-state index < -0.39 is 22.0 Å². The first kappa shape index (κ1) is 18.5. The SMILES string of the molecule is O=C(O)CCCN(c1ccccc1C(=O)O)S(=O)(=O)c1ccccc1. The van der Waals surface area contributed by atoms with Crippen LogP contribution >= 0.6 is 0 Å². The molecule has 0 heterocycles. The number of aromatic carboxylic acids is 1. The lowest BCUT2D eigenvalue weighted by Crippen LogP contribution is -2.33. The Balaban J connectivity index is 2.51. The summed E-state index contributed by atoms with van der Waals surface area (Å²) in [5, 5.41) is 18.1. The number of hydrogen-bond acceptors (Lipinski definition) is 4. The smallest absolute Gasteiger partial charge is 0.337 e. The van der Waals surface area contributed by atoms with Crippen molar-refractivity contribution >= 4 is 27.6 Å². The minimum absolute atomic E-state index is 0.00393. The van der Waals surface area contributed by atoms with E-state index in [0.29, 0.717) is 0 Å². The lowest BCUT2D eigenvalue weighted by molar-refractivity contribution is -0.137. The maximum Gasteiger partial charge on any atom is 0.337 e. The second-order valence-electron chi connectivity index (χ2n) is 5.21. The van der Waals surface area contributed by atoms with Gasteiger partial charge in [0.15, 0.2) is 0 Å². The van der Waals surface area contributed by atoms with Crippen molar-refractivity contribution in [2.24, 2.45) is 0 Å². The van der Waals surface area contributed by atoms with Crippen LogP contribution in [-0.2, 0) is 14.8 Å². The number of anilines is 1. The highest BCUT2D eigenvalue weighted by atomic mass is 32.2. The van der Waals surface area contributed by atoms with Gasteiger partial charge in [-0.05, 0) is 30.7 Å². The van der Waals surface area contributed by atoms with Crippen LogP contribution in [0.25, 0.3) is 0 Å². The third-order valence-corrected chi connectivity index (χ3v) is 5.31. The van der Waals surface area contributed by atoms with Crippen molar-refractivity contribution < 1.29 is 28.2 Å². The zero-order valence-electron chi connectivity index (χ0n) is 13.2. The normalized spacial score (nSPS) is 11.0. The molecule has 2 rings (SSSR count). The van der Waals surface area contributed by atoms with Crippen LogP contribution in [0.15, 0.2) is 59.5 Å². The molecule has 0 aliphatic carbocycles. The van der Waals surface area contributed by atoms with Gasteiger partial charge in [0, 0.05) is 13.0 Å². The largest absolute Gasteiger partial charge is 0.481 e. The molecule has 0 amide bonds. The number of hydrogen-bond donors (Lipinski definition) is 2. The number of carbonyl (C=O) groups is 2. The third-order valence-electron chi connectivity index (χ3n) is 3.49. The van der Waals surface area contributed by atoms with Gasteiger partial charge in [-0.1, -0.05) is 30.3 Å². The van der Waals surface area contributed by atoms with Gasteiger partial charge in [-0.3, -0.25) is 9.10 Å². The van der Waals surface area contributed by atoms with Crippen molar-refractivity contribution in [3.8, 4) is 0 Å². The molecule has 2 N–H and O–H groups in total. The topological polar surface area (TPSA) is 112 Å². The lowest BCUT2D eigenvalue weighted by Gasteiger charge is -2.25. The summed E-state index contributed by atoms with van der Waals surface area (Å²) in [6.45, 7) is -0.145. The summed E-state index contributed by atoms with van der Waals surface area (Å²) in [6.07, 6.45) is -0.175. The first-order chi connectivity index (χ1) is 11.8. The standard InChI is InChI=1S/C17H17NO6S/c19-16(20)11-6-12-18(15-10-5-4-9-14(15)17(21)22)25(23,24)13-7-2-1-3-8-13/h1-5,7-10H,6,11-12H2,(H,19,20)(H,21,22). The van der Waals surface area contributed by atoms with Crippen LogP contribution in [0.3, 0.4) is 0 Å². The molecule has 8 heteroatoms.